The van der Waals surface area contributed by atoms with Crippen LogP contribution in [-0.4, -0.2) is 36.5 Å². The van der Waals surface area contributed by atoms with Crippen molar-refractivity contribution in [1.82, 2.24) is 10.2 Å². The van der Waals surface area contributed by atoms with E-state index in [1.807, 2.05) is 11.9 Å². The van der Waals surface area contributed by atoms with Gasteiger partial charge in [0.05, 0.1) is 6.04 Å². The first-order valence-electron chi connectivity index (χ1n) is 8.27. The standard InChI is InChI=1S/C17H26N2OS/c1-19(11-10-14-6-4-12-21-14)17(20)16-9-8-13-5-2-3-7-15(13)18-16/h4,6,12-13,15-16,18H,2-3,5,7-11H2,1H3. The van der Waals surface area contributed by atoms with Crippen molar-refractivity contribution in [2.75, 3.05) is 13.6 Å². The summed E-state index contributed by atoms with van der Waals surface area (Å²) in [7, 11) is 1.95. The maximum atomic E-state index is 12.6. The van der Waals surface area contributed by atoms with Gasteiger partial charge in [-0.2, -0.15) is 0 Å². The molecule has 1 amide bonds. The van der Waals surface area contributed by atoms with Crippen molar-refractivity contribution in [1.29, 1.82) is 0 Å². The monoisotopic (exact) mass is 306 g/mol. The van der Waals surface area contributed by atoms with Crippen LogP contribution in [0.15, 0.2) is 17.5 Å². The Morgan fingerprint density at radius 3 is 3.00 bits per heavy atom. The van der Waals surface area contributed by atoms with Gasteiger partial charge >= 0.3 is 0 Å². The van der Waals surface area contributed by atoms with E-state index in [9.17, 15) is 4.79 Å². The second-order valence-corrected chi connectivity index (χ2v) is 7.57. The number of nitrogens with zero attached hydrogens (tertiary/aromatic N) is 1. The molecule has 21 heavy (non-hydrogen) atoms. The Bertz CT molecular complexity index is 459. The summed E-state index contributed by atoms with van der Waals surface area (Å²) in [6, 6.07) is 4.87. The summed E-state index contributed by atoms with van der Waals surface area (Å²) in [5.41, 5.74) is 0. The number of thiophene rings is 1. The summed E-state index contributed by atoms with van der Waals surface area (Å²) in [6.45, 7) is 0.825. The van der Waals surface area contributed by atoms with Gasteiger partial charge in [-0.1, -0.05) is 18.9 Å². The van der Waals surface area contributed by atoms with Crippen LogP contribution in [-0.2, 0) is 11.2 Å². The number of carbonyl (C=O) groups excluding carboxylic acids is 1. The number of amides is 1. The number of fused-ring (bicyclic) bond motifs is 1. The molecule has 3 atom stereocenters. The largest absolute Gasteiger partial charge is 0.344 e. The summed E-state index contributed by atoms with van der Waals surface area (Å²) in [5, 5.41) is 5.74. The van der Waals surface area contributed by atoms with Crippen LogP contribution in [0.1, 0.15) is 43.4 Å². The van der Waals surface area contributed by atoms with Crippen molar-refractivity contribution in [2.45, 2.75) is 57.0 Å². The summed E-state index contributed by atoms with van der Waals surface area (Å²) >= 11 is 1.77. The van der Waals surface area contributed by atoms with E-state index in [1.54, 1.807) is 11.3 Å². The van der Waals surface area contributed by atoms with E-state index in [0.717, 1.165) is 25.3 Å². The highest BCUT2D eigenvalue weighted by Gasteiger charge is 2.35. The second kappa shape index (κ2) is 6.93. The highest BCUT2D eigenvalue weighted by atomic mass is 32.1. The molecule has 2 heterocycles. The molecule has 2 fully saturated rings. The fourth-order valence-electron chi connectivity index (χ4n) is 3.80. The van der Waals surface area contributed by atoms with Crippen LogP contribution in [0.5, 0.6) is 0 Å². The summed E-state index contributed by atoms with van der Waals surface area (Å²) in [5.74, 6) is 1.11. The summed E-state index contributed by atoms with van der Waals surface area (Å²) in [4.78, 5) is 15.9. The Labute approximate surface area is 131 Å². The molecule has 1 aromatic heterocycles. The van der Waals surface area contributed by atoms with Gasteiger partial charge in [0.15, 0.2) is 0 Å². The molecular formula is C17H26N2OS. The first kappa shape index (κ1) is 15.0. The highest BCUT2D eigenvalue weighted by Crippen LogP contribution is 2.32. The van der Waals surface area contributed by atoms with Crippen LogP contribution in [0, 0.1) is 5.92 Å². The van der Waals surface area contributed by atoms with Crippen LogP contribution in [0.4, 0.5) is 0 Å². The average Bonchev–Trinajstić information content (AvgIpc) is 3.05. The van der Waals surface area contributed by atoms with Crippen molar-refractivity contribution in [3.05, 3.63) is 22.4 Å². The van der Waals surface area contributed by atoms with E-state index in [4.69, 9.17) is 0 Å². The van der Waals surface area contributed by atoms with Crippen molar-refractivity contribution in [3.63, 3.8) is 0 Å². The summed E-state index contributed by atoms with van der Waals surface area (Å²) < 4.78 is 0. The normalized spacial score (nSPS) is 28.9. The molecule has 2 aliphatic rings. The van der Waals surface area contributed by atoms with Gasteiger partial charge in [0, 0.05) is 24.5 Å². The van der Waals surface area contributed by atoms with Crippen molar-refractivity contribution in [2.24, 2.45) is 5.92 Å². The van der Waals surface area contributed by atoms with E-state index in [-0.39, 0.29) is 11.9 Å². The molecule has 1 aliphatic heterocycles. The molecule has 3 unspecified atom stereocenters. The minimum atomic E-state index is 0.0534. The van der Waals surface area contributed by atoms with Crippen LogP contribution < -0.4 is 5.32 Å². The Morgan fingerprint density at radius 1 is 1.33 bits per heavy atom. The molecule has 0 radical (unpaired) electrons. The minimum absolute atomic E-state index is 0.0534. The fourth-order valence-corrected chi connectivity index (χ4v) is 4.50. The zero-order valence-corrected chi connectivity index (χ0v) is 13.7. The molecule has 1 saturated heterocycles. The molecule has 1 saturated carbocycles. The minimum Gasteiger partial charge on any atom is -0.344 e. The number of piperidine rings is 1. The number of rotatable bonds is 4. The third-order valence-corrected chi connectivity index (χ3v) is 6.03. The Balaban J connectivity index is 1.50. The van der Waals surface area contributed by atoms with Crippen LogP contribution in [0.2, 0.25) is 0 Å². The zero-order valence-electron chi connectivity index (χ0n) is 12.9. The second-order valence-electron chi connectivity index (χ2n) is 6.54. The molecule has 3 nitrogen and oxygen atoms in total. The number of likely N-dealkylation sites (N-methyl/N-ethyl adjacent to an activating group) is 1. The van der Waals surface area contributed by atoms with Gasteiger partial charge in [-0.25, -0.2) is 0 Å². The molecule has 3 rings (SSSR count). The van der Waals surface area contributed by atoms with Gasteiger partial charge in [0.1, 0.15) is 0 Å². The lowest BCUT2D eigenvalue weighted by molar-refractivity contribution is -0.133. The first-order valence-corrected chi connectivity index (χ1v) is 9.15. The SMILES string of the molecule is CN(CCc1cccs1)C(=O)C1CCC2CCCCC2N1. The Kier molecular flexibility index (Phi) is 4.96. The van der Waals surface area contributed by atoms with Gasteiger partial charge in [-0.3, -0.25) is 4.79 Å². The number of hydrogen-bond acceptors (Lipinski definition) is 3. The van der Waals surface area contributed by atoms with Gasteiger partial charge in [0.2, 0.25) is 5.91 Å². The van der Waals surface area contributed by atoms with E-state index in [2.05, 4.69) is 22.8 Å². The smallest absolute Gasteiger partial charge is 0.239 e. The van der Waals surface area contributed by atoms with Crippen molar-refractivity contribution < 1.29 is 4.79 Å². The van der Waals surface area contributed by atoms with Gasteiger partial charge in [0.25, 0.3) is 0 Å². The maximum absolute atomic E-state index is 12.6. The first-order chi connectivity index (χ1) is 10.2. The zero-order chi connectivity index (χ0) is 14.7. The molecule has 0 spiro atoms. The predicted octanol–water partition coefficient (Wildman–Crippen LogP) is 3.06. The number of nitrogens with one attached hydrogen (secondary N) is 1. The van der Waals surface area contributed by atoms with E-state index in [1.165, 1.54) is 37.0 Å². The van der Waals surface area contributed by atoms with Crippen molar-refractivity contribution >= 4 is 17.2 Å². The molecular weight excluding hydrogens is 280 g/mol. The Morgan fingerprint density at radius 2 is 2.19 bits per heavy atom. The number of carbonyl (C=O) groups is 1. The lowest BCUT2D eigenvalue weighted by Crippen LogP contribution is -2.55. The molecule has 1 aromatic rings. The quantitative estimate of drug-likeness (QED) is 0.927. The molecule has 4 heteroatoms. The molecule has 0 aromatic carbocycles. The lowest BCUT2D eigenvalue weighted by Gasteiger charge is -2.40. The number of hydrogen-bond donors (Lipinski definition) is 1. The predicted molar refractivity (Wildman–Crippen MR) is 87.6 cm³/mol. The van der Waals surface area contributed by atoms with Crippen LogP contribution >= 0.6 is 11.3 Å². The van der Waals surface area contributed by atoms with Gasteiger partial charge in [-0.05, 0) is 49.5 Å². The van der Waals surface area contributed by atoms with E-state index < -0.39 is 0 Å². The average molecular weight is 306 g/mol. The Hall–Kier alpha value is -0.870. The van der Waals surface area contributed by atoms with Crippen LogP contribution in [0.3, 0.4) is 0 Å². The topological polar surface area (TPSA) is 32.3 Å². The molecule has 116 valence electrons. The third-order valence-electron chi connectivity index (χ3n) is 5.10. The maximum Gasteiger partial charge on any atom is 0.239 e. The van der Waals surface area contributed by atoms with Crippen LogP contribution in [0.25, 0.3) is 0 Å². The lowest BCUT2D eigenvalue weighted by atomic mass is 9.77. The van der Waals surface area contributed by atoms with Gasteiger partial charge < -0.3 is 10.2 Å². The van der Waals surface area contributed by atoms with Gasteiger partial charge in [-0.15, -0.1) is 11.3 Å². The molecule has 1 aliphatic carbocycles. The molecule has 0 bridgehead atoms. The van der Waals surface area contributed by atoms with E-state index in [0.29, 0.717) is 6.04 Å². The fraction of sp³-hybridized carbons (Fsp3) is 0.706. The third kappa shape index (κ3) is 3.67. The molecule has 1 N–H and O–H groups in total. The van der Waals surface area contributed by atoms with Crippen molar-refractivity contribution in [3.8, 4) is 0 Å². The summed E-state index contributed by atoms with van der Waals surface area (Å²) in [6.07, 6.45) is 8.53. The van der Waals surface area contributed by atoms with E-state index >= 15 is 0 Å². The highest BCUT2D eigenvalue weighted by molar-refractivity contribution is 7.09.